The summed E-state index contributed by atoms with van der Waals surface area (Å²) >= 11 is 1.37. The van der Waals surface area contributed by atoms with Gasteiger partial charge >= 0.3 is 0 Å². The first-order valence-corrected chi connectivity index (χ1v) is 8.01. The van der Waals surface area contributed by atoms with E-state index in [1.807, 2.05) is 6.92 Å². The summed E-state index contributed by atoms with van der Waals surface area (Å²) in [4.78, 5) is 1.19. The second kappa shape index (κ2) is 5.95. The van der Waals surface area contributed by atoms with Crippen molar-refractivity contribution in [1.29, 1.82) is 0 Å². The lowest BCUT2D eigenvalue weighted by Crippen LogP contribution is -2.33. The number of thiophene rings is 1. The topological polar surface area (TPSA) is 72.2 Å². The lowest BCUT2D eigenvalue weighted by molar-refractivity contribution is 0.482. The third-order valence-corrected chi connectivity index (χ3v) is 5.00. The zero-order valence-electron chi connectivity index (χ0n) is 10.4. The van der Waals surface area contributed by atoms with E-state index in [1.165, 1.54) is 11.3 Å². The number of hydrogen-bond donors (Lipinski definition) is 2. The molecule has 0 spiro atoms. The van der Waals surface area contributed by atoms with Gasteiger partial charge in [-0.25, -0.2) is 13.1 Å². The van der Waals surface area contributed by atoms with Gasteiger partial charge in [0, 0.05) is 22.8 Å². The molecular formula is C11H20N2O2S2. The highest BCUT2D eigenvalue weighted by Crippen LogP contribution is 2.19. The van der Waals surface area contributed by atoms with Crippen LogP contribution >= 0.6 is 11.3 Å². The molecule has 3 N–H and O–H groups in total. The number of nitrogens with two attached hydrogens (primary N) is 1. The van der Waals surface area contributed by atoms with Crippen molar-refractivity contribution in [3.05, 3.63) is 16.3 Å². The van der Waals surface area contributed by atoms with Gasteiger partial charge < -0.3 is 5.73 Å². The monoisotopic (exact) mass is 276 g/mol. The summed E-state index contributed by atoms with van der Waals surface area (Å²) in [7, 11) is -3.39. The summed E-state index contributed by atoms with van der Waals surface area (Å²) in [5, 5.41) is 1.63. The lowest BCUT2D eigenvalue weighted by atomic mass is 10.1. The first-order valence-electron chi connectivity index (χ1n) is 5.65. The zero-order valence-corrected chi connectivity index (χ0v) is 12.1. The molecule has 0 aliphatic carbocycles. The Bertz CT molecular complexity index is 452. The van der Waals surface area contributed by atoms with Crippen LogP contribution in [0.3, 0.4) is 0 Å². The van der Waals surface area contributed by atoms with Crippen molar-refractivity contribution in [2.45, 2.75) is 44.7 Å². The SMILES string of the molecule is CC(C)CC(C)NS(=O)(=O)c1csc(CN)c1. The molecular weight excluding hydrogens is 256 g/mol. The maximum Gasteiger partial charge on any atom is 0.241 e. The molecule has 1 atom stereocenters. The zero-order chi connectivity index (χ0) is 13.1. The summed E-state index contributed by atoms with van der Waals surface area (Å²) in [5.41, 5.74) is 5.47. The molecule has 17 heavy (non-hydrogen) atoms. The molecule has 1 aromatic heterocycles. The molecule has 0 bridgehead atoms. The summed E-state index contributed by atoms with van der Waals surface area (Å²) in [6, 6.07) is 1.58. The van der Waals surface area contributed by atoms with Crippen LogP contribution in [0.1, 0.15) is 32.1 Å². The van der Waals surface area contributed by atoms with Crippen molar-refractivity contribution in [3.63, 3.8) is 0 Å². The van der Waals surface area contributed by atoms with Crippen LogP contribution in [0.2, 0.25) is 0 Å². The van der Waals surface area contributed by atoms with Crippen LogP contribution < -0.4 is 10.5 Å². The van der Waals surface area contributed by atoms with E-state index in [0.29, 0.717) is 17.4 Å². The molecule has 0 aromatic carbocycles. The first kappa shape index (κ1) is 14.6. The van der Waals surface area contributed by atoms with Crippen LogP contribution in [0, 0.1) is 5.92 Å². The minimum atomic E-state index is -3.39. The summed E-state index contributed by atoms with van der Waals surface area (Å²) < 4.78 is 26.7. The van der Waals surface area contributed by atoms with Crippen LogP contribution in [-0.2, 0) is 16.6 Å². The van der Waals surface area contributed by atoms with E-state index in [0.717, 1.165) is 11.3 Å². The van der Waals surface area contributed by atoms with Gasteiger partial charge in [-0.2, -0.15) is 0 Å². The third-order valence-electron chi connectivity index (χ3n) is 2.32. The van der Waals surface area contributed by atoms with Gasteiger partial charge in [-0.15, -0.1) is 11.3 Å². The molecule has 0 radical (unpaired) electrons. The Morgan fingerprint density at radius 1 is 1.41 bits per heavy atom. The standard InChI is InChI=1S/C11H20N2O2S2/c1-8(2)4-9(3)13-17(14,15)11-5-10(6-12)16-7-11/h5,7-9,13H,4,6,12H2,1-3H3. The van der Waals surface area contributed by atoms with Gasteiger partial charge in [0.25, 0.3) is 0 Å². The van der Waals surface area contributed by atoms with Crippen molar-refractivity contribution in [2.75, 3.05) is 0 Å². The minimum Gasteiger partial charge on any atom is -0.326 e. The Labute approximate surface area is 107 Å². The average molecular weight is 276 g/mol. The summed E-state index contributed by atoms with van der Waals surface area (Å²) in [6.45, 7) is 6.40. The predicted octanol–water partition coefficient (Wildman–Crippen LogP) is 1.92. The molecule has 1 aromatic rings. The van der Waals surface area contributed by atoms with E-state index in [2.05, 4.69) is 18.6 Å². The quantitative estimate of drug-likeness (QED) is 0.834. The molecule has 0 aliphatic rings. The molecule has 1 rings (SSSR count). The van der Waals surface area contributed by atoms with Crippen LogP contribution in [0.5, 0.6) is 0 Å². The Balaban J connectivity index is 2.74. The van der Waals surface area contributed by atoms with Crippen LogP contribution in [0.15, 0.2) is 16.3 Å². The fourth-order valence-corrected chi connectivity index (χ4v) is 4.11. The third kappa shape index (κ3) is 4.39. The lowest BCUT2D eigenvalue weighted by Gasteiger charge is -2.15. The van der Waals surface area contributed by atoms with Crippen LogP contribution in [-0.4, -0.2) is 14.5 Å². The van der Waals surface area contributed by atoms with Gasteiger partial charge in [-0.1, -0.05) is 13.8 Å². The smallest absolute Gasteiger partial charge is 0.241 e. The van der Waals surface area contributed by atoms with Gasteiger partial charge in [-0.05, 0) is 25.3 Å². The number of sulfonamides is 1. The van der Waals surface area contributed by atoms with E-state index in [1.54, 1.807) is 11.4 Å². The highest BCUT2D eigenvalue weighted by Gasteiger charge is 2.19. The van der Waals surface area contributed by atoms with Crippen LogP contribution in [0.4, 0.5) is 0 Å². The fraction of sp³-hybridized carbons (Fsp3) is 0.636. The van der Waals surface area contributed by atoms with Gasteiger partial charge in [0.15, 0.2) is 0 Å². The number of rotatable bonds is 6. The van der Waals surface area contributed by atoms with Crippen molar-refractivity contribution < 1.29 is 8.42 Å². The number of hydrogen-bond acceptors (Lipinski definition) is 4. The molecule has 1 unspecified atom stereocenters. The summed E-state index contributed by atoms with van der Waals surface area (Å²) in [6.07, 6.45) is 0.827. The van der Waals surface area contributed by atoms with E-state index in [-0.39, 0.29) is 6.04 Å². The average Bonchev–Trinajstić information content (AvgIpc) is 2.63. The van der Waals surface area contributed by atoms with Crippen molar-refractivity contribution in [1.82, 2.24) is 4.72 Å². The molecule has 0 fully saturated rings. The van der Waals surface area contributed by atoms with Gasteiger partial charge in [0.2, 0.25) is 10.0 Å². The first-order chi connectivity index (χ1) is 7.85. The number of nitrogens with one attached hydrogen (secondary N) is 1. The predicted molar refractivity (Wildman–Crippen MR) is 71.4 cm³/mol. The molecule has 0 saturated carbocycles. The fourth-order valence-electron chi connectivity index (χ4n) is 1.70. The molecule has 0 saturated heterocycles. The summed E-state index contributed by atoms with van der Waals surface area (Å²) in [5.74, 6) is 0.467. The maximum atomic E-state index is 12.0. The molecule has 6 heteroatoms. The van der Waals surface area contributed by atoms with Crippen molar-refractivity contribution in [2.24, 2.45) is 11.7 Å². The van der Waals surface area contributed by atoms with Crippen LogP contribution in [0.25, 0.3) is 0 Å². The highest BCUT2D eigenvalue weighted by atomic mass is 32.2. The van der Waals surface area contributed by atoms with E-state index >= 15 is 0 Å². The second-order valence-corrected chi connectivity index (χ2v) is 7.31. The Morgan fingerprint density at radius 2 is 2.06 bits per heavy atom. The Kier molecular flexibility index (Phi) is 5.12. The molecule has 1 heterocycles. The molecule has 98 valence electrons. The second-order valence-electron chi connectivity index (χ2n) is 4.60. The van der Waals surface area contributed by atoms with Crippen molar-refractivity contribution >= 4 is 21.4 Å². The van der Waals surface area contributed by atoms with Gasteiger partial charge in [-0.3, -0.25) is 0 Å². The largest absolute Gasteiger partial charge is 0.326 e. The van der Waals surface area contributed by atoms with E-state index < -0.39 is 10.0 Å². The molecule has 0 amide bonds. The van der Waals surface area contributed by atoms with Gasteiger partial charge in [0.1, 0.15) is 0 Å². The molecule has 4 nitrogen and oxygen atoms in total. The van der Waals surface area contributed by atoms with Gasteiger partial charge in [0.05, 0.1) is 4.90 Å². The normalized spacial score (nSPS) is 14.2. The highest BCUT2D eigenvalue weighted by molar-refractivity contribution is 7.89. The van der Waals surface area contributed by atoms with Crippen molar-refractivity contribution in [3.8, 4) is 0 Å². The maximum absolute atomic E-state index is 12.0. The van der Waals surface area contributed by atoms with E-state index in [9.17, 15) is 8.42 Å². The Hall–Kier alpha value is -0.430. The van der Waals surface area contributed by atoms with E-state index in [4.69, 9.17) is 5.73 Å². The Morgan fingerprint density at radius 3 is 2.53 bits per heavy atom. The minimum absolute atomic E-state index is 0.0544. The molecule has 0 aliphatic heterocycles.